The average molecular weight is 275 g/mol. The normalized spacial score (nSPS) is 23.8. The number of nitrogens with one attached hydrogen (secondary N) is 1. The third kappa shape index (κ3) is 4.05. The second kappa shape index (κ2) is 6.86. The van der Waals surface area contributed by atoms with Crippen LogP contribution in [0.4, 0.5) is 5.69 Å². The van der Waals surface area contributed by atoms with Crippen LogP contribution in [0.1, 0.15) is 13.3 Å². The van der Waals surface area contributed by atoms with Crippen molar-refractivity contribution in [3.63, 3.8) is 0 Å². The van der Waals surface area contributed by atoms with Gasteiger partial charge >= 0.3 is 0 Å². The molecular formula is C16H25N3O. The zero-order valence-corrected chi connectivity index (χ0v) is 12.7. The first-order chi connectivity index (χ1) is 9.56. The van der Waals surface area contributed by atoms with Crippen molar-refractivity contribution in [2.75, 3.05) is 39.0 Å². The number of para-hydroxylation sites is 1. The molecule has 1 aliphatic heterocycles. The third-order valence-electron chi connectivity index (χ3n) is 4.08. The second-order valence-corrected chi connectivity index (χ2v) is 5.92. The minimum Gasteiger partial charge on any atom is -0.325 e. The van der Waals surface area contributed by atoms with Crippen LogP contribution >= 0.6 is 0 Å². The number of hydrogen-bond donors (Lipinski definition) is 1. The van der Waals surface area contributed by atoms with Crippen LogP contribution < -0.4 is 5.32 Å². The monoisotopic (exact) mass is 275 g/mol. The zero-order chi connectivity index (χ0) is 14.5. The van der Waals surface area contributed by atoms with Gasteiger partial charge in [0.25, 0.3) is 0 Å². The summed E-state index contributed by atoms with van der Waals surface area (Å²) < 4.78 is 0. The van der Waals surface area contributed by atoms with Gasteiger partial charge in [-0.15, -0.1) is 0 Å². The Labute approximate surface area is 121 Å². The molecule has 0 aromatic heterocycles. The molecule has 0 spiro atoms. The Morgan fingerprint density at radius 1 is 1.40 bits per heavy atom. The molecule has 4 nitrogen and oxygen atoms in total. The number of amides is 1. The highest BCUT2D eigenvalue weighted by molar-refractivity contribution is 5.92. The topological polar surface area (TPSA) is 35.6 Å². The van der Waals surface area contributed by atoms with Crippen LogP contribution in [0.5, 0.6) is 0 Å². The summed E-state index contributed by atoms with van der Waals surface area (Å²) in [5.74, 6) is 0.660. The van der Waals surface area contributed by atoms with Crippen molar-refractivity contribution in [2.24, 2.45) is 5.92 Å². The Bertz CT molecular complexity index is 435. The minimum atomic E-state index is 0.0600. The van der Waals surface area contributed by atoms with Gasteiger partial charge in [0, 0.05) is 18.3 Å². The SMILES string of the molecule is C[C@@H]1CN(C)CC[C@H]1N(C)CC(=O)Nc1ccccc1. The molecule has 0 radical (unpaired) electrons. The van der Waals surface area contributed by atoms with Gasteiger partial charge < -0.3 is 10.2 Å². The number of likely N-dealkylation sites (N-methyl/N-ethyl adjacent to an activating group) is 1. The lowest BCUT2D eigenvalue weighted by atomic mass is 9.93. The molecule has 110 valence electrons. The van der Waals surface area contributed by atoms with Gasteiger partial charge in [-0.05, 0) is 45.1 Å². The largest absolute Gasteiger partial charge is 0.325 e. The molecule has 1 amide bonds. The van der Waals surface area contributed by atoms with Crippen molar-refractivity contribution >= 4 is 11.6 Å². The second-order valence-electron chi connectivity index (χ2n) is 5.92. The molecular weight excluding hydrogens is 250 g/mol. The molecule has 0 saturated carbocycles. The maximum absolute atomic E-state index is 12.1. The molecule has 1 heterocycles. The van der Waals surface area contributed by atoms with E-state index in [1.807, 2.05) is 30.3 Å². The maximum atomic E-state index is 12.1. The van der Waals surface area contributed by atoms with Crippen molar-refractivity contribution in [3.8, 4) is 0 Å². The van der Waals surface area contributed by atoms with Crippen LogP contribution in [0.3, 0.4) is 0 Å². The van der Waals surface area contributed by atoms with E-state index in [-0.39, 0.29) is 5.91 Å². The summed E-state index contributed by atoms with van der Waals surface area (Å²) in [7, 11) is 4.21. The van der Waals surface area contributed by atoms with Gasteiger partial charge in [0.05, 0.1) is 6.54 Å². The van der Waals surface area contributed by atoms with Crippen LogP contribution in [0.2, 0.25) is 0 Å². The Balaban J connectivity index is 1.84. The third-order valence-corrected chi connectivity index (χ3v) is 4.08. The number of carbonyl (C=O) groups excluding carboxylic acids is 1. The van der Waals surface area contributed by atoms with E-state index in [4.69, 9.17) is 0 Å². The molecule has 2 atom stereocenters. The van der Waals surface area contributed by atoms with Gasteiger partial charge in [-0.1, -0.05) is 25.1 Å². The molecule has 1 fully saturated rings. The fourth-order valence-corrected chi connectivity index (χ4v) is 3.06. The quantitative estimate of drug-likeness (QED) is 0.911. The molecule has 0 unspecified atom stereocenters. The lowest BCUT2D eigenvalue weighted by molar-refractivity contribution is -0.118. The molecule has 4 heteroatoms. The summed E-state index contributed by atoms with van der Waals surface area (Å²) in [5.41, 5.74) is 0.863. The van der Waals surface area contributed by atoms with Crippen LogP contribution in [-0.2, 0) is 4.79 Å². The van der Waals surface area contributed by atoms with E-state index in [1.54, 1.807) is 0 Å². The summed E-state index contributed by atoms with van der Waals surface area (Å²) >= 11 is 0. The molecule has 1 aliphatic rings. The first-order valence-electron chi connectivity index (χ1n) is 7.30. The van der Waals surface area contributed by atoms with E-state index in [1.165, 1.54) is 0 Å². The molecule has 1 saturated heterocycles. The van der Waals surface area contributed by atoms with Gasteiger partial charge in [-0.2, -0.15) is 0 Å². The number of benzene rings is 1. The van der Waals surface area contributed by atoms with E-state index in [9.17, 15) is 4.79 Å². The number of hydrogen-bond acceptors (Lipinski definition) is 3. The number of rotatable bonds is 4. The summed E-state index contributed by atoms with van der Waals surface area (Å²) in [6.07, 6.45) is 1.13. The van der Waals surface area contributed by atoms with Gasteiger partial charge in [0.1, 0.15) is 0 Å². The van der Waals surface area contributed by atoms with Gasteiger partial charge in [0.15, 0.2) is 0 Å². The maximum Gasteiger partial charge on any atom is 0.238 e. The van der Waals surface area contributed by atoms with Crippen LogP contribution in [-0.4, -0.2) is 55.5 Å². The highest BCUT2D eigenvalue weighted by Gasteiger charge is 2.28. The van der Waals surface area contributed by atoms with Crippen LogP contribution in [0.15, 0.2) is 30.3 Å². The average Bonchev–Trinajstić information content (AvgIpc) is 2.39. The number of piperidine rings is 1. The van der Waals surface area contributed by atoms with Crippen LogP contribution in [0.25, 0.3) is 0 Å². The van der Waals surface area contributed by atoms with Crippen molar-refractivity contribution in [2.45, 2.75) is 19.4 Å². The van der Waals surface area contributed by atoms with Gasteiger partial charge in [-0.25, -0.2) is 0 Å². The molecule has 20 heavy (non-hydrogen) atoms. The van der Waals surface area contributed by atoms with Crippen molar-refractivity contribution in [1.29, 1.82) is 0 Å². The van der Waals surface area contributed by atoms with Gasteiger partial charge in [0.2, 0.25) is 5.91 Å². The summed E-state index contributed by atoms with van der Waals surface area (Å²) in [6, 6.07) is 10.1. The fourth-order valence-electron chi connectivity index (χ4n) is 3.06. The van der Waals surface area contributed by atoms with E-state index in [0.717, 1.165) is 25.2 Å². The van der Waals surface area contributed by atoms with Crippen molar-refractivity contribution < 1.29 is 4.79 Å². The predicted molar refractivity (Wildman–Crippen MR) is 82.8 cm³/mol. The van der Waals surface area contributed by atoms with E-state index in [2.05, 4.69) is 36.1 Å². The highest BCUT2D eigenvalue weighted by atomic mass is 16.2. The fraction of sp³-hybridized carbons (Fsp3) is 0.562. The number of nitrogens with zero attached hydrogens (tertiary/aromatic N) is 2. The Morgan fingerprint density at radius 3 is 2.75 bits per heavy atom. The van der Waals surface area contributed by atoms with Crippen LogP contribution in [0, 0.1) is 5.92 Å². The summed E-state index contributed by atoms with van der Waals surface area (Å²) in [4.78, 5) is 16.6. The van der Waals surface area contributed by atoms with E-state index >= 15 is 0 Å². The molecule has 1 aromatic carbocycles. The predicted octanol–water partition coefficient (Wildman–Crippen LogP) is 1.90. The Kier molecular flexibility index (Phi) is 5.15. The molecule has 0 aliphatic carbocycles. The standard InChI is InChI=1S/C16H25N3O/c1-13-11-18(2)10-9-15(13)19(3)12-16(20)17-14-7-5-4-6-8-14/h4-8,13,15H,9-12H2,1-3H3,(H,17,20)/t13-,15-/m1/s1. The van der Waals surface area contributed by atoms with Gasteiger partial charge in [-0.3, -0.25) is 9.69 Å². The Morgan fingerprint density at radius 2 is 2.10 bits per heavy atom. The van der Waals surface area contributed by atoms with Crippen molar-refractivity contribution in [3.05, 3.63) is 30.3 Å². The molecule has 1 N–H and O–H groups in total. The lowest BCUT2D eigenvalue weighted by Crippen LogP contribution is -2.49. The zero-order valence-electron chi connectivity index (χ0n) is 12.7. The summed E-state index contributed by atoms with van der Waals surface area (Å²) in [6.45, 7) is 4.94. The first-order valence-corrected chi connectivity index (χ1v) is 7.30. The first kappa shape index (κ1) is 15.0. The molecule has 1 aromatic rings. The smallest absolute Gasteiger partial charge is 0.238 e. The number of anilines is 1. The number of carbonyl (C=O) groups is 1. The lowest BCUT2D eigenvalue weighted by Gasteiger charge is -2.39. The van der Waals surface area contributed by atoms with Crippen molar-refractivity contribution in [1.82, 2.24) is 9.80 Å². The van der Waals surface area contributed by atoms with E-state index in [0.29, 0.717) is 18.5 Å². The summed E-state index contributed by atoms with van der Waals surface area (Å²) in [5, 5.41) is 2.94. The van der Waals surface area contributed by atoms with E-state index < -0.39 is 0 Å². The highest BCUT2D eigenvalue weighted by Crippen LogP contribution is 2.20. The molecule has 0 bridgehead atoms. The minimum absolute atomic E-state index is 0.0600. The number of likely N-dealkylation sites (tertiary alicyclic amines) is 1. The molecule has 2 rings (SSSR count). The Hall–Kier alpha value is -1.39.